The van der Waals surface area contributed by atoms with Gasteiger partial charge in [-0.2, -0.15) is 5.26 Å². The number of nitrogens with two attached hydrogens (primary N) is 1. The molecule has 0 heterocycles. The minimum atomic E-state index is -3.71. The summed E-state index contributed by atoms with van der Waals surface area (Å²) in [5, 5.41) is 8.82. The summed E-state index contributed by atoms with van der Waals surface area (Å²) < 4.78 is 27.3. The predicted molar refractivity (Wildman–Crippen MR) is 82.3 cm³/mol. The molecule has 0 saturated carbocycles. The van der Waals surface area contributed by atoms with Gasteiger partial charge >= 0.3 is 0 Å². The van der Waals surface area contributed by atoms with Gasteiger partial charge in [-0.1, -0.05) is 6.07 Å². The second kappa shape index (κ2) is 5.46. The van der Waals surface area contributed by atoms with Crippen molar-refractivity contribution in [3.63, 3.8) is 0 Å². The monoisotopic (exact) mass is 301 g/mol. The van der Waals surface area contributed by atoms with Gasteiger partial charge in [0, 0.05) is 5.69 Å². The van der Waals surface area contributed by atoms with Crippen LogP contribution in [0.2, 0.25) is 0 Å². The molecule has 0 unspecified atom stereocenters. The Balaban J connectivity index is 2.38. The molecule has 2 aromatic carbocycles. The topological polar surface area (TPSA) is 96.0 Å². The second-order valence-electron chi connectivity index (χ2n) is 4.77. The Morgan fingerprint density at radius 2 is 1.81 bits per heavy atom. The molecule has 2 aromatic rings. The summed E-state index contributed by atoms with van der Waals surface area (Å²) in [5.41, 5.74) is 8.52. The van der Waals surface area contributed by atoms with Crippen LogP contribution in [0.4, 0.5) is 11.4 Å². The smallest absolute Gasteiger partial charge is 0.262 e. The molecule has 108 valence electrons. The molecule has 0 aliphatic heterocycles. The summed E-state index contributed by atoms with van der Waals surface area (Å²) >= 11 is 0. The molecule has 3 N–H and O–H groups in total. The van der Waals surface area contributed by atoms with Crippen LogP contribution in [0.3, 0.4) is 0 Å². The first-order valence-corrected chi connectivity index (χ1v) is 7.71. The van der Waals surface area contributed by atoms with Gasteiger partial charge in [-0.25, -0.2) is 8.42 Å². The molecule has 5 nitrogen and oxygen atoms in total. The highest BCUT2D eigenvalue weighted by atomic mass is 32.2. The van der Waals surface area contributed by atoms with E-state index in [9.17, 15) is 8.42 Å². The van der Waals surface area contributed by atoms with Crippen molar-refractivity contribution in [3.8, 4) is 6.07 Å². The van der Waals surface area contributed by atoms with Crippen molar-refractivity contribution in [2.75, 3.05) is 10.5 Å². The fourth-order valence-electron chi connectivity index (χ4n) is 1.93. The second-order valence-corrected chi connectivity index (χ2v) is 6.42. The van der Waals surface area contributed by atoms with Crippen molar-refractivity contribution in [3.05, 3.63) is 53.1 Å². The van der Waals surface area contributed by atoms with Gasteiger partial charge in [0.2, 0.25) is 0 Å². The minimum Gasteiger partial charge on any atom is -0.398 e. The number of nitrogen functional groups attached to an aromatic ring is 1. The number of anilines is 2. The third kappa shape index (κ3) is 3.15. The van der Waals surface area contributed by atoms with Crippen LogP contribution in [0.15, 0.2) is 41.3 Å². The van der Waals surface area contributed by atoms with E-state index in [4.69, 9.17) is 11.0 Å². The Hall–Kier alpha value is -2.52. The number of nitriles is 1. The maximum absolute atomic E-state index is 12.4. The molecule has 0 aromatic heterocycles. The van der Waals surface area contributed by atoms with Crippen molar-refractivity contribution < 1.29 is 8.42 Å². The Kier molecular flexibility index (Phi) is 3.87. The normalized spacial score (nSPS) is 10.9. The quantitative estimate of drug-likeness (QED) is 0.851. The fourth-order valence-corrected chi connectivity index (χ4v) is 3.21. The summed E-state index contributed by atoms with van der Waals surface area (Å²) in [6.45, 7) is 3.50. The molecule has 2 rings (SSSR count). The molecular formula is C15H15N3O2S. The van der Waals surface area contributed by atoms with Gasteiger partial charge in [0.1, 0.15) is 0 Å². The van der Waals surface area contributed by atoms with Crippen LogP contribution in [0.5, 0.6) is 0 Å². The third-order valence-corrected chi connectivity index (χ3v) is 4.67. The lowest BCUT2D eigenvalue weighted by Crippen LogP contribution is -2.14. The third-order valence-electron chi connectivity index (χ3n) is 3.13. The molecule has 0 bridgehead atoms. The van der Waals surface area contributed by atoms with Gasteiger partial charge < -0.3 is 5.73 Å². The van der Waals surface area contributed by atoms with Crippen molar-refractivity contribution in [2.45, 2.75) is 18.7 Å². The number of sulfonamides is 1. The highest BCUT2D eigenvalue weighted by Gasteiger charge is 2.17. The van der Waals surface area contributed by atoms with E-state index in [1.54, 1.807) is 25.1 Å². The average Bonchev–Trinajstić information content (AvgIpc) is 2.42. The maximum Gasteiger partial charge on any atom is 0.262 e. The molecule has 6 heteroatoms. The van der Waals surface area contributed by atoms with Crippen molar-refractivity contribution in [1.82, 2.24) is 0 Å². The number of hydrogen-bond acceptors (Lipinski definition) is 4. The summed E-state index contributed by atoms with van der Waals surface area (Å²) in [4.78, 5) is 0.139. The zero-order chi connectivity index (χ0) is 15.6. The van der Waals surface area contributed by atoms with Crippen LogP contribution in [0, 0.1) is 25.2 Å². The summed E-state index contributed by atoms with van der Waals surface area (Å²) in [6.07, 6.45) is 0. The molecule has 0 aliphatic rings. The van der Waals surface area contributed by atoms with Gasteiger partial charge in [0.05, 0.1) is 22.2 Å². The van der Waals surface area contributed by atoms with Crippen molar-refractivity contribution in [1.29, 1.82) is 5.26 Å². The maximum atomic E-state index is 12.4. The van der Waals surface area contributed by atoms with Crippen molar-refractivity contribution in [2.24, 2.45) is 0 Å². The first-order valence-electron chi connectivity index (χ1n) is 6.23. The lowest BCUT2D eigenvalue weighted by Gasteiger charge is -2.11. The van der Waals surface area contributed by atoms with Crippen LogP contribution in [0.25, 0.3) is 0 Å². The Bertz CT molecular complexity index is 836. The number of benzene rings is 2. The minimum absolute atomic E-state index is 0.139. The van der Waals surface area contributed by atoms with Gasteiger partial charge in [-0.3, -0.25) is 4.72 Å². The number of hydrogen-bond donors (Lipinski definition) is 2. The van der Waals surface area contributed by atoms with Crippen LogP contribution >= 0.6 is 0 Å². The van der Waals surface area contributed by atoms with Crippen LogP contribution in [-0.2, 0) is 10.0 Å². The van der Waals surface area contributed by atoms with E-state index in [2.05, 4.69) is 4.72 Å². The van der Waals surface area contributed by atoms with Gasteiger partial charge in [-0.05, 0) is 55.3 Å². The van der Waals surface area contributed by atoms with E-state index in [0.29, 0.717) is 22.5 Å². The van der Waals surface area contributed by atoms with E-state index >= 15 is 0 Å². The molecule has 0 saturated heterocycles. The highest BCUT2D eigenvalue weighted by molar-refractivity contribution is 7.92. The number of nitrogens with one attached hydrogen (secondary N) is 1. The zero-order valence-electron chi connectivity index (χ0n) is 11.7. The highest BCUT2D eigenvalue weighted by Crippen LogP contribution is 2.22. The fraction of sp³-hybridized carbons (Fsp3) is 0.133. The van der Waals surface area contributed by atoms with Crippen LogP contribution in [0.1, 0.15) is 16.7 Å². The Morgan fingerprint density at radius 1 is 1.10 bits per heavy atom. The number of aryl methyl sites for hydroxylation is 2. The standard InChI is InChI=1S/C15H15N3O2S/c1-10-3-5-13(8-14(10)17)18-21(19,20)15-6-4-12(9-16)7-11(15)2/h3-8,18H,17H2,1-2H3. The van der Waals surface area contributed by atoms with Gasteiger partial charge in [0.25, 0.3) is 10.0 Å². The van der Waals surface area contributed by atoms with Crippen molar-refractivity contribution >= 4 is 21.4 Å². The van der Waals surface area contributed by atoms with E-state index in [1.165, 1.54) is 18.2 Å². The average molecular weight is 301 g/mol. The molecule has 21 heavy (non-hydrogen) atoms. The van der Waals surface area contributed by atoms with E-state index in [1.807, 2.05) is 13.0 Å². The molecule has 0 fully saturated rings. The largest absolute Gasteiger partial charge is 0.398 e. The van der Waals surface area contributed by atoms with E-state index < -0.39 is 10.0 Å². The van der Waals surface area contributed by atoms with Gasteiger partial charge in [0.15, 0.2) is 0 Å². The lowest BCUT2D eigenvalue weighted by molar-refractivity contribution is 0.600. The Morgan fingerprint density at radius 3 is 2.38 bits per heavy atom. The Labute approximate surface area is 124 Å². The lowest BCUT2D eigenvalue weighted by atomic mass is 10.2. The molecule has 0 amide bonds. The first kappa shape index (κ1) is 14.9. The molecule has 0 aliphatic carbocycles. The SMILES string of the molecule is Cc1ccc(NS(=O)(=O)c2ccc(C#N)cc2C)cc1N. The molecule has 0 atom stereocenters. The predicted octanol–water partition coefficient (Wildman–Crippen LogP) is 2.56. The summed E-state index contributed by atoms with van der Waals surface area (Å²) in [6, 6.07) is 11.4. The van der Waals surface area contributed by atoms with Crippen LogP contribution in [-0.4, -0.2) is 8.42 Å². The number of rotatable bonds is 3. The first-order chi connectivity index (χ1) is 9.83. The molecular weight excluding hydrogens is 286 g/mol. The molecule has 0 spiro atoms. The number of nitrogens with zero attached hydrogens (tertiary/aromatic N) is 1. The van der Waals surface area contributed by atoms with Crippen LogP contribution < -0.4 is 10.5 Å². The van der Waals surface area contributed by atoms with Gasteiger partial charge in [-0.15, -0.1) is 0 Å². The van der Waals surface area contributed by atoms with E-state index in [-0.39, 0.29) is 4.90 Å². The summed E-state index contributed by atoms with van der Waals surface area (Å²) in [5.74, 6) is 0. The summed E-state index contributed by atoms with van der Waals surface area (Å²) in [7, 11) is -3.71. The van der Waals surface area contributed by atoms with E-state index in [0.717, 1.165) is 5.56 Å². The molecule has 0 radical (unpaired) electrons. The zero-order valence-corrected chi connectivity index (χ0v) is 12.5.